The second-order valence-corrected chi connectivity index (χ2v) is 3.24. The number of aliphatic hydroxyl groups excluding tert-OH is 1. The van der Waals surface area contributed by atoms with Crippen LogP contribution in [0.5, 0.6) is 0 Å². The fourth-order valence-electron chi connectivity index (χ4n) is 1.03. The van der Waals surface area contributed by atoms with Gasteiger partial charge < -0.3 is 20.3 Å². The molecule has 1 fully saturated rings. The molecule has 66 valence electrons. The Morgan fingerprint density at radius 2 is 2.45 bits per heavy atom. The van der Waals surface area contributed by atoms with E-state index in [0.717, 1.165) is 0 Å². The zero-order valence-electron chi connectivity index (χ0n) is 6.71. The molecule has 4 heteroatoms. The predicted molar refractivity (Wildman–Crippen MR) is 40.3 cm³/mol. The molecule has 0 aromatic rings. The number of nitrogens with one attached hydrogen (secondary N) is 1. The van der Waals surface area contributed by atoms with Gasteiger partial charge in [-0.1, -0.05) is 0 Å². The lowest BCUT2D eigenvalue weighted by Crippen LogP contribution is -2.38. The summed E-state index contributed by atoms with van der Waals surface area (Å²) in [6.45, 7) is 3.12. The number of hydrogen-bond donors (Lipinski definition) is 3. The van der Waals surface area contributed by atoms with Gasteiger partial charge in [-0.2, -0.15) is 0 Å². The monoisotopic (exact) mass is 161 g/mol. The van der Waals surface area contributed by atoms with Gasteiger partial charge in [-0.25, -0.2) is 0 Å². The maximum atomic E-state index is 9.50. The summed E-state index contributed by atoms with van der Waals surface area (Å²) in [4.78, 5) is 0. The molecule has 0 saturated carbocycles. The Morgan fingerprint density at radius 3 is 3.09 bits per heavy atom. The zero-order valence-corrected chi connectivity index (χ0v) is 6.71. The Kier molecular flexibility index (Phi) is 2.84. The summed E-state index contributed by atoms with van der Waals surface area (Å²) in [7, 11) is 0. The molecule has 0 spiro atoms. The van der Waals surface area contributed by atoms with E-state index in [-0.39, 0.29) is 19.3 Å². The van der Waals surface area contributed by atoms with Crippen LogP contribution in [0.1, 0.15) is 6.92 Å². The molecule has 0 unspecified atom stereocenters. The molecule has 1 aliphatic rings. The molecule has 0 radical (unpaired) electrons. The average Bonchev–Trinajstić information content (AvgIpc) is 2.10. The maximum absolute atomic E-state index is 9.50. The number of β-amino-alcohol motifs (C(OH)–C–C–N with tert-alkyl or cyclic N) is 1. The topological polar surface area (TPSA) is 61.7 Å². The van der Waals surface area contributed by atoms with Gasteiger partial charge in [0.1, 0.15) is 0 Å². The summed E-state index contributed by atoms with van der Waals surface area (Å²) >= 11 is 0. The first-order chi connectivity index (χ1) is 5.14. The fourth-order valence-corrected chi connectivity index (χ4v) is 1.03. The Hall–Kier alpha value is -0.160. The lowest BCUT2D eigenvalue weighted by atomic mass is 10.1. The van der Waals surface area contributed by atoms with E-state index in [9.17, 15) is 5.11 Å². The summed E-state index contributed by atoms with van der Waals surface area (Å²) < 4.78 is 5.20. The molecular formula is C7H15NO3. The van der Waals surface area contributed by atoms with Gasteiger partial charge in [-0.3, -0.25) is 0 Å². The average molecular weight is 161 g/mol. The molecular weight excluding hydrogens is 146 g/mol. The third-order valence-corrected chi connectivity index (χ3v) is 1.71. The smallest absolute Gasteiger partial charge is 0.0975 e. The lowest BCUT2D eigenvalue weighted by Gasteiger charge is -2.19. The van der Waals surface area contributed by atoms with Crippen molar-refractivity contribution < 1.29 is 14.9 Å². The molecule has 1 rings (SSSR count). The van der Waals surface area contributed by atoms with E-state index in [1.807, 2.05) is 0 Å². The van der Waals surface area contributed by atoms with E-state index in [1.54, 1.807) is 6.92 Å². The fraction of sp³-hybridized carbons (Fsp3) is 1.00. The zero-order chi connectivity index (χ0) is 8.32. The summed E-state index contributed by atoms with van der Waals surface area (Å²) in [5.74, 6) is 0. The second kappa shape index (κ2) is 3.49. The first-order valence-corrected chi connectivity index (χ1v) is 3.79. The van der Waals surface area contributed by atoms with Gasteiger partial charge in [0.05, 0.1) is 24.9 Å². The molecule has 11 heavy (non-hydrogen) atoms. The molecule has 0 aliphatic carbocycles. The largest absolute Gasteiger partial charge is 0.394 e. The Labute approximate surface area is 66.2 Å². The van der Waals surface area contributed by atoms with Gasteiger partial charge in [-0.15, -0.1) is 0 Å². The van der Waals surface area contributed by atoms with Crippen LogP contribution in [0.25, 0.3) is 0 Å². The number of ether oxygens (including phenoxy) is 1. The molecule has 0 amide bonds. The van der Waals surface area contributed by atoms with E-state index in [4.69, 9.17) is 9.84 Å². The highest BCUT2D eigenvalue weighted by Gasteiger charge is 2.25. The highest BCUT2D eigenvalue weighted by atomic mass is 16.5. The molecule has 1 saturated heterocycles. The van der Waals surface area contributed by atoms with Crippen LogP contribution in [-0.4, -0.2) is 48.2 Å². The molecule has 0 aromatic heterocycles. The summed E-state index contributed by atoms with van der Waals surface area (Å²) in [5, 5.41) is 21.2. The quantitative estimate of drug-likeness (QED) is 0.448. The lowest BCUT2D eigenvalue weighted by molar-refractivity contribution is -0.0529. The van der Waals surface area contributed by atoms with Gasteiger partial charge in [0.15, 0.2) is 0 Å². The van der Waals surface area contributed by atoms with Gasteiger partial charge in [0.25, 0.3) is 0 Å². The molecule has 2 atom stereocenters. The van der Waals surface area contributed by atoms with Crippen molar-refractivity contribution in [2.45, 2.75) is 18.6 Å². The Bertz CT molecular complexity index is 127. The Balaban J connectivity index is 2.39. The van der Waals surface area contributed by atoms with Crippen LogP contribution in [0.3, 0.4) is 0 Å². The van der Waals surface area contributed by atoms with Crippen molar-refractivity contribution in [1.29, 1.82) is 0 Å². The maximum Gasteiger partial charge on any atom is 0.0975 e. The molecule has 1 heterocycles. The first-order valence-electron chi connectivity index (χ1n) is 3.79. The third kappa shape index (κ3) is 2.75. The van der Waals surface area contributed by atoms with Crippen molar-refractivity contribution in [3.8, 4) is 0 Å². The molecule has 1 aliphatic heterocycles. The van der Waals surface area contributed by atoms with Crippen molar-refractivity contribution in [2.24, 2.45) is 0 Å². The number of hydrogen-bond acceptors (Lipinski definition) is 4. The van der Waals surface area contributed by atoms with E-state index in [0.29, 0.717) is 13.1 Å². The van der Waals surface area contributed by atoms with Crippen molar-refractivity contribution in [3.05, 3.63) is 0 Å². The summed E-state index contributed by atoms with van der Waals surface area (Å²) in [6, 6.07) is 0. The van der Waals surface area contributed by atoms with E-state index >= 15 is 0 Å². The molecule has 3 N–H and O–H groups in total. The normalized spacial score (nSPS) is 40.1. The minimum Gasteiger partial charge on any atom is -0.394 e. The van der Waals surface area contributed by atoms with Crippen LogP contribution in [0.15, 0.2) is 0 Å². The minimum absolute atomic E-state index is 0.00306. The van der Waals surface area contributed by atoms with Gasteiger partial charge in [-0.05, 0) is 6.92 Å². The van der Waals surface area contributed by atoms with Gasteiger partial charge >= 0.3 is 0 Å². The minimum atomic E-state index is -0.802. The van der Waals surface area contributed by atoms with Crippen molar-refractivity contribution in [2.75, 3.05) is 26.3 Å². The van der Waals surface area contributed by atoms with Crippen molar-refractivity contribution in [3.63, 3.8) is 0 Å². The molecule has 4 nitrogen and oxygen atoms in total. The third-order valence-electron chi connectivity index (χ3n) is 1.71. The van der Waals surface area contributed by atoms with Gasteiger partial charge in [0.2, 0.25) is 0 Å². The van der Waals surface area contributed by atoms with Crippen LogP contribution in [0.4, 0.5) is 0 Å². The highest BCUT2D eigenvalue weighted by molar-refractivity contribution is 4.80. The molecule has 0 aromatic carbocycles. The van der Waals surface area contributed by atoms with Crippen molar-refractivity contribution in [1.82, 2.24) is 5.32 Å². The SMILES string of the molecule is C[C@@]1(O)CNC[C@@H](CO)OC1. The van der Waals surface area contributed by atoms with Crippen LogP contribution in [0.2, 0.25) is 0 Å². The van der Waals surface area contributed by atoms with Crippen molar-refractivity contribution >= 4 is 0 Å². The van der Waals surface area contributed by atoms with Crippen LogP contribution < -0.4 is 5.32 Å². The van der Waals surface area contributed by atoms with Gasteiger partial charge in [0, 0.05) is 13.1 Å². The summed E-state index contributed by atoms with van der Waals surface area (Å²) in [6.07, 6.45) is -0.177. The standard InChI is InChI=1S/C7H15NO3/c1-7(10)4-8-2-6(3-9)11-5-7/h6,8-10H,2-5H2,1H3/t6-,7+/m0/s1. The van der Waals surface area contributed by atoms with E-state index in [2.05, 4.69) is 5.32 Å². The highest BCUT2D eigenvalue weighted by Crippen LogP contribution is 2.07. The number of aliphatic hydroxyl groups is 2. The van der Waals surface area contributed by atoms with Crippen LogP contribution in [0, 0.1) is 0 Å². The van der Waals surface area contributed by atoms with Crippen LogP contribution >= 0.6 is 0 Å². The first kappa shape index (κ1) is 8.93. The Morgan fingerprint density at radius 1 is 1.73 bits per heavy atom. The summed E-state index contributed by atoms with van der Waals surface area (Å²) in [5.41, 5.74) is -0.802. The van der Waals surface area contributed by atoms with Crippen LogP contribution in [-0.2, 0) is 4.74 Å². The molecule has 0 bridgehead atoms. The predicted octanol–water partition coefficient (Wildman–Crippen LogP) is -1.28. The van der Waals surface area contributed by atoms with E-state index in [1.165, 1.54) is 0 Å². The van der Waals surface area contributed by atoms with E-state index < -0.39 is 5.60 Å². The number of rotatable bonds is 1. The second-order valence-electron chi connectivity index (χ2n) is 3.24.